The lowest BCUT2D eigenvalue weighted by Gasteiger charge is -2.26. The summed E-state index contributed by atoms with van der Waals surface area (Å²) >= 11 is 0. The molecule has 0 bridgehead atoms. The van der Waals surface area contributed by atoms with Crippen molar-refractivity contribution >= 4 is 5.57 Å². The Kier molecular flexibility index (Phi) is 4.31. The topological polar surface area (TPSA) is 26.0 Å². The van der Waals surface area contributed by atoms with Gasteiger partial charge in [-0.3, -0.25) is 0 Å². The van der Waals surface area contributed by atoms with Gasteiger partial charge in [0, 0.05) is 18.5 Å². The highest BCUT2D eigenvalue weighted by molar-refractivity contribution is 5.77. The molecule has 0 saturated carbocycles. The van der Waals surface area contributed by atoms with Crippen LogP contribution in [-0.4, -0.2) is 5.92 Å². The second kappa shape index (κ2) is 5.84. The van der Waals surface area contributed by atoms with E-state index in [1.54, 1.807) is 6.08 Å². The molecule has 0 saturated heterocycles. The number of fused-ring (bicyclic) bond motifs is 1. The average molecular weight is 289 g/mol. The second-order valence-corrected chi connectivity index (χ2v) is 5.62. The fourth-order valence-corrected chi connectivity index (χ4v) is 2.74. The molecular formula is C18H21F2N. The minimum atomic E-state index is -2.59. The summed E-state index contributed by atoms with van der Waals surface area (Å²) in [7, 11) is 0. The molecule has 0 amide bonds. The van der Waals surface area contributed by atoms with Crippen molar-refractivity contribution in [2.75, 3.05) is 0 Å². The molecule has 1 nitrogen and oxygen atoms in total. The van der Waals surface area contributed by atoms with Gasteiger partial charge in [-0.05, 0) is 54.2 Å². The first-order valence-electron chi connectivity index (χ1n) is 7.12. The molecule has 0 heterocycles. The van der Waals surface area contributed by atoms with E-state index in [4.69, 9.17) is 5.73 Å². The Balaban J connectivity index is 2.43. The van der Waals surface area contributed by atoms with Crippen LogP contribution in [0.25, 0.3) is 5.57 Å². The lowest BCUT2D eigenvalue weighted by atomic mass is 9.85. The number of hydrogen-bond donors (Lipinski definition) is 1. The normalized spacial score (nSPS) is 17.8. The van der Waals surface area contributed by atoms with Crippen molar-refractivity contribution in [1.82, 2.24) is 0 Å². The maximum absolute atomic E-state index is 13.6. The van der Waals surface area contributed by atoms with Crippen molar-refractivity contribution in [1.29, 1.82) is 0 Å². The van der Waals surface area contributed by atoms with Crippen molar-refractivity contribution in [2.45, 2.75) is 39.0 Å². The van der Waals surface area contributed by atoms with Gasteiger partial charge in [0.15, 0.2) is 0 Å². The molecule has 0 radical (unpaired) electrons. The first kappa shape index (κ1) is 15.5. The predicted octanol–water partition coefficient (Wildman–Crippen LogP) is 4.55. The lowest BCUT2D eigenvalue weighted by molar-refractivity contribution is -0.0122. The molecule has 1 aliphatic carbocycles. The quantitative estimate of drug-likeness (QED) is 0.812. The molecule has 0 fully saturated rings. The van der Waals surface area contributed by atoms with Crippen molar-refractivity contribution in [2.24, 2.45) is 5.73 Å². The third kappa shape index (κ3) is 3.60. The van der Waals surface area contributed by atoms with Gasteiger partial charge in [-0.2, -0.15) is 0 Å². The average Bonchev–Trinajstić information content (AvgIpc) is 2.39. The Morgan fingerprint density at radius 1 is 1.29 bits per heavy atom. The predicted molar refractivity (Wildman–Crippen MR) is 84.3 cm³/mol. The summed E-state index contributed by atoms with van der Waals surface area (Å²) in [4.78, 5) is 0. The number of halogens is 2. The van der Waals surface area contributed by atoms with E-state index >= 15 is 0 Å². The number of nitrogens with two attached hydrogens (primary N) is 1. The van der Waals surface area contributed by atoms with Gasteiger partial charge in [0.2, 0.25) is 0 Å². The van der Waals surface area contributed by atoms with E-state index in [2.05, 4.69) is 6.58 Å². The van der Waals surface area contributed by atoms with Crippen LogP contribution in [0.1, 0.15) is 35.6 Å². The lowest BCUT2D eigenvalue weighted by Crippen LogP contribution is -2.26. The van der Waals surface area contributed by atoms with E-state index in [1.165, 1.54) is 0 Å². The molecule has 2 N–H and O–H groups in total. The number of benzene rings is 1. The monoisotopic (exact) mass is 289 g/mol. The molecule has 1 aromatic rings. The van der Waals surface area contributed by atoms with E-state index in [9.17, 15) is 8.78 Å². The molecule has 1 aliphatic rings. The highest BCUT2D eigenvalue weighted by Crippen LogP contribution is 2.35. The fourth-order valence-electron chi connectivity index (χ4n) is 2.74. The van der Waals surface area contributed by atoms with Crippen LogP contribution in [0.3, 0.4) is 0 Å². The third-order valence-electron chi connectivity index (χ3n) is 3.85. The summed E-state index contributed by atoms with van der Waals surface area (Å²) < 4.78 is 27.2. The van der Waals surface area contributed by atoms with Crippen molar-refractivity contribution in [3.8, 4) is 0 Å². The van der Waals surface area contributed by atoms with E-state index < -0.39 is 5.92 Å². The highest BCUT2D eigenvalue weighted by Gasteiger charge is 2.34. The fraction of sp³-hybridized carbons (Fsp3) is 0.333. The van der Waals surface area contributed by atoms with E-state index in [0.717, 1.165) is 27.8 Å². The van der Waals surface area contributed by atoms with Crippen LogP contribution < -0.4 is 5.73 Å². The van der Waals surface area contributed by atoms with Gasteiger partial charge in [-0.15, -0.1) is 0 Å². The van der Waals surface area contributed by atoms with Gasteiger partial charge in [-0.25, -0.2) is 8.78 Å². The van der Waals surface area contributed by atoms with Crippen LogP contribution in [0.2, 0.25) is 0 Å². The number of allylic oxidation sites excluding steroid dienone is 4. The van der Waals surface area contributed by atoms with Gasteiger partial charge in [0.25, 0.3) is 5.92 Å². The van der Waals surface area contributed by atoms with Crippen LogP contribution >= 0.6 is 0 Å². The summed E-state index contributed by atoms with van der Waals surface area (Å²) in [6.45, 7) is 7.57. The Hall–Kier alpha value is -1.90. The molecular weight excluding hydrogens is 268 g/mol. The molecule has 112 valence electrons. The van der Waals surface area contributed by atoms with Crippen molar-refractivity contribution in [3.05, 3.63) is 64.9 Å². The minimum absolute atomic E-state index is 0.0534. The number of rotatable bonds is 3. The second-order valence-electron chi connectivity index (χ2n) is 5.62. The molecule has 0 unspecified atom stereocenters. The molecule has 3 heteroatoms. The first-order valence-corrected chi connectivity index (χ1v) is 7.12. The van der Waals surface area contributed by atoms with Crippen LogP contribution in [-0.2, 0) is 12.8 Å². The zero-order valence-electron chi connectivity index (χ0n) is 12.5. The summed E-state index contributed by atoms with van der Waals surface area (Å²) in [6.07, 6.45) is 5.78. The van der Waals surface area contributed by atoms with Crippen molar-refractivity contribution in [3.63, 3.8) is 0 Å². The summed E-state index contributed by atoms with van der Waals surface area (Å²) in [5.41, 5.74) is 10.9. The highest BCUT2D eigenvalue weighted by atomic mass is 19.3. The van der Waals surface area contributed by atoms with Gasteiger partial charge in [-0.1, -0.05) is 30.9 Å². The Morgan fingerprint density at radius 2 is 2.00 bits per heavy atom. The standard InChI is InChI=1S/C18H21F2N/c1-4-14(6-5-13(3)21)17-10-16-11-18(19,20)8-7-15(16)9-12(17)2/h4-6,9-10H,3,7-8,11,21H2,1-2H3/b6-5-,14-4+. The maximum atomic E-state index is 13.6. The Morgan fingerprint density at radius 3 is 2.62 bits per heavy atom. The van der Waals surface area contributed by atoms with Crippen molar-refractivity contribution < 1.29 is 8.78 Å². The van der Waals surface area contributed by atoms with Gasteiger partial charge in [0.1, 0.15) is 0 Å². The number of hydrogen-bond acceptors (Lipinski definition) is 1. The Labute approximate surface area is 124 Å². The summed E-state index contributed by atoms with van der Waals surface area (Å²) in [5, 5.41) is 0. The van der Waals surface area contributed by atoms with Gasteiger partial charge < -0.3 is 5.73 Å². The minimum Gasteiger partial charge on any atom is -0.399 e. The molecule has 0 spiro atoms. The SMILES string of the molecule is C=C(N)/C=C\C(=C/C)c1cc2c(cc1C)CCC(F)(F)C2. The van der Waals surface area contributed by atoms with E-state index in [0.29, 0.717) is 12.1 Å². The molecule has 0 aliphatic heterocycles. The van der Waals surface area contributed by atoms with Crippen LogP contribution in [0.15, 0.2) is 42.6 Å². The molecule has 2 rings (SSSR count). The Bertz CT molecular complexity index is 624. The first-order chi connectivity index (χ1) is 9.82. The molecule has 0 aromatic heterocycles. The molecule has 0 atom stereocenters. The number of aryl methyl sites for hydroxylation is 2. The summed E-state index contributed by atoms with van der Waals surface area (Å²) in [5.74, 6) is -2.59. The van der Waals surface area contributed by atoms with Gasteiger partial charge in [0.05, 0.1) is 0 Å². The van der Waals surface area contributed by atoms with Crippen LogP contribution in [0, 0.1) is 6.92 Å². The maximum Gasteiger partial charge on any atom is 0.252 e. The van der Waals surface area contributed by atoms with Crippen LogP contribution in [0.5, 0.6) is 0 Å². The zero-order chi connectivity index (χ0) is 15.6. The molecule has 21 heavy (non-hydrogen) atoms. The smallest absolute Gasteiger partial charge is 0.252 e. The summed E-state index contributed by atoms with van der Waals surface area (Å²) in [6, 6.07) is 3.94. The molecule has 1 aromatic carbocycles. The van der Waals surface area contributed by atoms with E-state index in [1.807, 2.05) is 38.1 Å². The number of alkyl halides is 2. The third-order valence-corrected chi connectivity index (χ3v) is 3.85. The van der Waals surface area contributed by atoms with Crippen LogP contribution in [0.4, 0.5) is 8.78 Å². The zero-order valence-corrected chi connectivity index (χ0v) is 12.5. The van der Waals surface area contributed by atoms with Gasteiger partial charge >= 0.3 is 0 Å². The largest absolute Gasteiger partial charge is 0.399 e. The van der Waals surface area contributed by atoms with E-state index in [-0.39, 0.29) is 12.8 Å².